The van der Waals surface area contributed by atoms with E-state index >= 15 is 0 Å². The number of nitrogens with zero attached hydrogens (tertiary/aromatic N) is 4. The van der Waals surface area contributed by atoms with Crippen LogP contribution in [-0.4, -0.2) is 14.9 Å². The van der Waals surface area contributed by atoms with E-state index in [0.717, 1.165) is 5.56 Å². The summed E-state index contributed by atoms with van der Waals surface area (Å²) >= 11 is 0. The van der Waals surface area contributed by atoms with Gasteiger partial charge in [-0.3, -0.25) is 10.1 Å². The molecule has 1 heterocycles. The molecule has 0 radical (unpaired) electrons. The van der Waals surface area contributed by atoms with Gasteiger partial charge in [0.2, 0.25) is 11.8 Å². The maximum absolute atomic E-state index is 11.1. The number of nitrogens with two attached hydrogens (primary N) is 1. The minimum atomic E-state index is -0.569. The SMILES string of the molecule is Cc1ccc(C#N)cc1Nc1nc(N)nc(C)c1[N+](=O)[O-]. The fraction of sp³-hybridized carbons (Fsp3) is 0.154. The summed E-state index contributed by atoms with van der Waals surface area (Å²) in [4.78, 5) is 18.2. The summed E-state index contributed by atoms with van der Waals surface area (Å²) in [5.41, 5.74) is 7.27. The molecule has 1 aromatic heterocycles. The highest BCUT2D eigenvalue weighted by molar-refractivity contribution is 5.70. The Bertz CT molecular complexity index is 766. The number of anilines is 3. The van der Waals surface area contributed by atoms with E-state index in [1.165, 1.54) is 6.92 Å². The van der Waals surface area contributed by atoms with Crippen LogP contribution >= 0.6 is 0 Å². The molecule has 3 N–H and O–H groups in total. The molecule has 0 spiro atoms. The predicted molar refractivity (Wildman–Crippen MR) is 77.0 cm³/mol. The number of hydrogen-bond acceptors (Lipinski definition) is 7. The molecule has 0 saturated carbocycles. The second kappa shape index (κ2) is 5.42. The van der Waals surface area contributed by atoms with Crippen LogP contribution in [0.15, 0.2) is 18.2 Å². The van der Waals surface area contributed by atoms with Crippen molar-refractivity contribution in [1.82, 2.24) is 9.97 Å². The van der Waals surface area contributed by atoms with Crippen molar-refractivity contribution in [2.45, 2.75) is 13.8 Å². The molecule has 8 nitrogen and oxygen atoms in total. The summed E-state index contributed by atoms with van der Waals surface area (Å²) in [5, 5.41) is 22.9. The van der Waals surface area contributed by atoms with Gasteiger partial charge in [0.05, 0.1) is 16.6 Å². The Morgan fingerprint density at radius 2 is 2.10 bits per heavy atom. The van der Waals surface area contributed by atoms with Crippen molar-refractivity contribution < 1.29 is 4.92 Å². The Hall–Kier alpha value is -3.21. The number of nitriles is 1. The Labute approximate surface area is 120 Å². The van der Waals surface area contributed by atoms with Crippen LogP contribution in [0.3, 0.4) is 0 Å². The molecule has 0 aliphatic carbocycles. The second-order valence-corrected chi connectivity index (χ2v) is 4.39. The van der Waals surface area contributed by atoms with Crippen LogP contribution in [-0.2, 0) is 0 Å². The normalized spacial score (nSPS) is 9.95. The van der Waals surface area contributed by atoms with Gasteiger partial charge in [-0.1, -0.05) is 6.07 Å². The lowest BCUT2D eigenvalue weighted by molar-refractivity contribution is -0.385. The van der Waals surface area contributed by atoms with E-state index in [9.17, 15) is 10.1 Å². The molecule has 0 bridgehead atoms. The highest BCUT2D eigenvalue weighted by Crippen LogP contribution is 2.30. The molecule has 0 saturated heterocycles. The molecule has 0 amide bonds. The van der Waals surface area contributed by atoms with E-state index < -0.39 is 4.92 Å². The van der Waals surface area contributed by atoms with E-state index in [2.05, 4.69) is 15.3 Å². The largest absolute Gasteiger partial charge is 0.368 e. The third-order valence-electron chi connectivity index (χ3n) is 2.88. The van der Waals surface area contributed by atoms with Crippen molar-refractivity contribution in [1.29, 1.82) is 5.26 Å². The van der Waals surface area contributed by atoms with Gasteiger partial charge >= 0.3 is 5.69 Å². The first-order valence-electron chi connectivity index (χ1n) is 5.98. The summed E-state index contributed by atoms with van der Waals surface area (Å²) < 4.78 is 0. The van der Waals surface area contributed by atoms with Gasteiger partial charge in [0.25, 0.3) is 0 Å². The fourth-order valence-electron chi connectivity index (χ4n) is 1.85. The van der Waals surface area contributed by atoms with Gasteiger partial charge in [0.1, 0.15) is 5.69 Å². The van der Waals surface area contributed by atoms with Gasteiger partial charge in [0, 0.05) is 5.69 Å². The van der Waals surface area contributed by atoms with Crippen LogP contribution in [0.4, 0.5) is 23.1 Å². The molecule has 0 aliphatic heterocycles. The molecule has 2 rings (SSSR count). The molecule has 0 fully saturated rings. The maximum Gasteiger partial charge on any atom is 0.332 e. The lowest BCUT2D eigenvalue weighted by atomic mass is 10.1. The zero-order valence-electron chi connectivity index (χ0n) is 11.4. The number of nitrogen functional groups attached to an aromatic ring is 1. The Balaban J connectivity index is 2.54. The quantitative estimate of drug-likeness (QED) is 0.652. The standard InChI is InChI=1S/C13H12N6O2/c1-7-3-4-9(6-14)5-10(7)17-12-11(19(20)21)8(2)16-13(15)18-12/h3-5H,1-2H3,(H3,15,16,17,18). The molecular weight excluding hydrogens is 272 g/mol. The third-order valence-corrected chi connectivity index (χ3v) is 2.88. The van der Waals surface area contributed by atoms with E-state index in [0.29, 0.717) is 11.3 Å². The van der Waals surface area contributed by atoms with Crippen molar-refractivity contribution in [2.24, 2.45) is 0 Å². The van der Waals surface area contributed by atoms with E-state index in [-0.39, 0.29) is 23.1 Å². The zero-order chi connectivity index (χ0) is 15.6. The Morgan fingerprint density at radius 3 is 2.71 bits per heavy atom. The maximum atomic E-state index is 11.1. The van der Waals surface area contributed by atoms with Crippen molar-refractivity contribution >= 4 is 23.1 Å². The number of nitrogens with one attached hydrogen (secondary N) is 1. The number of aryl methyl sites for hydroxylation is 2. The summed E-state index contributed by atoms with van der Waals surface area (Å²) in [7, 11) is 0. The summed E-state index contributed by atoms with van der Waals surface area (Å²) in [6.07, 6.45) is 0. The van der Waals surface area contributed by atoms with Crippen LogP contribution < -0.4 is 11.1 Å². The van der Waals surface area contributed by atoms with Gasteiger partial charge < -0.3 is 11.1 Å². The first-order valence-corrected chi connectivity index (χ1v) is 5.98. The van der Waals surface area contributed by atoms with Crippen molar-refractivity contribution in [3.05, 3.63) is 45.1 Å². The Kier molecular flexibility index (Phi) is 3.67. The summed E-state index contributed by atoms with van der Waals surface area (Å²) in [6, 6.07) is 7.00. The average molecular weight is 284 g/mol. The summed E-state index contributed by atoms with van der Waals surface area (Å²) in [5.74, 6) is -0.0575. The molecule has 8 heteroatoms. The van der Waals surface area contributed by atoms with Crippen LogP contribution in [0.25, 0.3) is 0 Å². The average Bonchev–Trinajstić information content (AvgIpc) is 2.40. The van der Waals surface area contributed by atoms with Crippen LogP contribution in [0, 0.1) is 35.3 Å². The monoisotopic (exact) mass is 284 g/mol. The topological polar surface area (TPSA) is 131 Å². The number of benzene rings is 1. The van der Waals surface area contributed by atoms with Gasteiger partial charge in [-0.15, -0.1) is 0 Å². The van der Waals surface area contributed by atoms with Crippen molar-refractivity contribution in [2.75, 3.05) is 11.1 Å². The van der Waals surface area contributed by atoms with Crippen LogP contribution in [0.5, 0.6) is 0 Å². The van der Waals surface area contributed by atoms with Crippen LogP contribution in [0.1, 0.15) is 16.8 Å². The number of nitro groups is 1. The smallest absolute Gasteiger partial charge is 0.332 e. The highest BCUT2D eigenvalue weighted by Gasteiger charge is 2.22. The van der Waals surface area contributed by atoms with E-state index in [4.69, 9.17) is 11.0 Å². The second-order valence-electron chi connectivity index (χ2n) is 4.39. The lowest BCUT2D eigenvalue weighted by Gasteiger charge is -2.10. The summed E-state index contributed by atoms with van der Waals surface area (Å²) in [6.45, 7) is 3.30. The van der Waals surface area contributed by atoms with E-state index in [1.54, 1.807) is 18.2 Å². The molecule has 21 heavy (non-hydrogen) atoms. The number of hydrogen-bond donors (Lipinski definition) is 2. The minimum Gasteiger partial charge on any atom is -0.368 e. The van der Waals surface area contributed by atoms with Gasteiger partial charge in [-0.05, 0) is 31.5 Å². The van der Waals surface area contributed by atoms with Crippen LogP contribution in [0.2, 0.25) is 0 Å². The first-order chi connectivity index (χ1) is 9.92. The minimum absolute atomic E-state index is 0.00295. The molecule has 0 atom stereocenters. The molecule has 2 aromatic rings. The predicted octanol–water partition coefficient (Wildman–Crippen LogP) is 2.20. The third kappa shape index (κ3) is 2.87. The zero-order valence-corrected chi connectivity index (χ0v) is 11.4. The fourth-order valence-corrected chi connectivity index (χ4v) is 1.85. The van der Waals surface area contributed by atoms with Gasteiger partial charge in [0.15, 0.2) is 0 Å². The van der Waals surface area contributed by atoms with Gasteiger partial charge in [-0.25, -0.2) is 4.98 Å². The molecule has 0 aliphatic rings. The van der Waals surface area contributed by atoms with Gasteiger partial charge in [-0.2, -0.15) is 10.2 Å². The lowest BCUT2D eigenvalue weighted by Crippen LogP contribution is -2.07. The molecule has 106 valence electrons. The molecular formula is C13H12N6O2. The van der Waals surface area contributed by atoms with Crippen molar-refractivity contribution in [3.63, 3.8) is 0 Å². The highest BCUT2D eigenvalue weighted by atomic mass is 16.6. The van der Waals surface area contributed by atoms with E-state index in [1.807, 2.05) is 13.0 Å². The van der Waals surface area contributed by atoms with Crippen molar-refractivity contribution in [3.8, 4) is 6.07 Å². The number of aromatic nitrogens is 2. The number of rotatable bonds is 3. The Morgan fingerprint density at radius 1 is 1.38 bits per heavy atom. The first kappa shape index (κ1) is 14.2. The molecule has 0 unspecified atom stereocenters. The molecule has 1 aromatic carbocycles.